The van der Waals surface area contributed by atoms with E-state index in [2.05, 4.69) is 20.4 Å². The van der Waals surface area contributed by atoms with Crippen molar-refractivity contribution < 1.29 is 0 Å². The molecule has 94 valence electrons. The van der Waals surface area contributed by atoms with Gasteiger partial charge in [-0.15, -0.1) is 0 Å². The van der Waals surface area contributed by atoms with Crippen molar-refractivity contribution in [3.8, 4) is 0 Å². The first kappa shape index (κ1) is 12.3. The van der Waals surface area contributed by atoms with Crippen molar-refractivity contribution >= 4 is 11.8 Å². The number of nitrogens with two attached hydrogens (primary N) is 1. The van der Waals surface area contributed by atoms with E-state index in [1.165, 1.54) is 0 Å². The summed E-state index contributed by atoms with van der Waals surface area (Å²) in [6.45, 7) is 2.64. The van der Waals surface area contributed by atoms with Gasteiger partial charge in [-0.2, -0.15) is 4.98 Å². The van der Waals surface area contributed by atoms with Crippen LogP contribution in [0.15, 0.2) is 30.6 Å². The molecule has 0 spiro atoms. The third-order valence-electron chi connectivity index (χ3n) is 2.50. The highest BCUT2D eigenvalue weighted by molar-refractivity contribution is 5.44. The van der Waals surface area contributed by atoms with Gasteiger partial charge in [-0.05, 0) is 18.6 Å². The largest absolute Gasteiger partial charge is 0.355 e. The molecule has 2 rings (SSSR count). The molecule has 0 saturated carbocycles. The number of nitrogens with zero attached hydrogens (tertiary/aromatic N) is 4. The molecule has 0 aliphatic heterocycles. The second-order valence-corrected chi connectivity index (χ2v) is 4.05. The maximum Gasteiger partial charge on any atom is 0.239 e. The zero-order chi connectivity index (χ0) is 13.0. The summed E-state index contributed by atoms with van der Waals surface area (Å²) >= 11 is 0. The Balaban J connectivity index is 2.18. The van der Waals surface area contributed by atoms with Gasteiger partial charge in [0.25, 0.3) is 0 Å². The molecular formula is C12H16N6. The van der Waals surface area contributed by atoms with Crippen LogP contribution < -0.4 is 16.2 Å². The lowest BCUT2D eigenvalue weighted by Crippen LogP contribution is -2.20. The van der Waals surface area contributed by atoms with Crippen LogP contribution in [0.2, 0.25) is 0 Å². The van der Waals surface area contributed by atoms with E-state index in [4.69, 9.17) is 5.84 Å². The predicted octanol–water partition coefficient (Wildman–Crippen LogP) is 1.10. The molecule has 3 N–H and O–H groups in total. The second kappa shape index (κ2) is 5.42. The molecule has 2 heterocycles. The average Bonchev–Trinajstić information content (AvgIpc) is 2.39. The van der Waals surface area contributed by atoms with Gasteiger partial charge in [0.2, 0.25) is 5.95 Å². The first-order chi connectivity index (χ1) is 8.69. The third-order valence-corrected chi connectivity index (χ3v) is 2.50. The minimum atomic E-state index is 0.419. The Morgan fingerprint density at radius 1 is 1.39 bits per heavy atom. The lowest BCUT2D eigenvalue weighted by atomic mass is 10.2. The van der Waals surface area contributed by atoms with Crippen molar-refractivity contribution in [3.05, 3.63) is 41.9 Å². The van der Waals surface area contributed by atoms with E-state index in [1.807, 2.05) is 43.3 Å². The summed E-state index contributed by atoms with van der Waals surface area (Å²) in [6.07, 6.45) is 3.60. The molecule has 0 fully saturated rings. The molecule has 6 nitrogen and oxygen atoms in total. The van der Waals surface area contributed by atoms with E-state index in [-0.39, 0.29) is 0 Å². The van der Waals surface area contributed by atoms with Gasteiger partial charge < -0.3 is 4.90 Å². The molecule has 0 bridgehead atoms. The predicted molar refractivity (Wildman–Crippen MR) is 70.9 cm³/mol. The molecule has 2 aromatic heterocycles. The van der Waals surface area contributed by atoms with Gasteiger partial charge >= 0.3 is 0 Å². The fourth-order valence-corrected chi connectivity index (χ4v) is 1.66. The van der Waals surface area contributed by atoms with Gasteiger partial charge in [-0.1, -0.05) is 6.07 Å². The summed E-state index contributed by atoms with van der Waals surface area (Å²) in [5, 5.41) is 0. The molecular weight excluding hydrogens is 228 g/mol. The molecule has 0 aliphatic rings. The number of anilines is 2. The molecule has 0 saturated heterocycles. The van der Waals surface area contributed by atoms with Crippen LogP contribution in [0.4, 0.5) is 11.8 Å². The topological polar surface area (TPSA) is 80.0 Å². The number of aromatic nitrogens is 3. The Morgan fingerprint density at radius 2 is 2.22 bits per heavy atom. The fourth-order valence-electron chi connectivity index (χ4n) is 1.66. The summed E-state index contributed by atoms with van der Waals surface area (Å²) in [5.41, 5.74) is 4.46. The van der Waals surface area contributed by atoms with Crippen molar-refractivity contribution in [1.29, 1.82) is 0 Å². The van der Waals surface area contributed by atoms with Crippen molar-refractivity contribution in [2.75, 3.05) is 17.4 Å². The smallest absolute Gasteiger partial charge is 0.239 e. The van der Waals surface area contributed by atoms with E-state index in [0.29, 0.717) is 5.95 Å². The molecule has 0 unspecified atom stereocenters. The summed E-state index contributed by atoms with van der Waals surface area (Å²) < 4.78 is 0. The van der Waals surface area contributed by atoms with Gasteiger partial charge in [-0.3, -0.25) is 10.4 Å². The third kappa shape index (κ3) is 2.92. The average molecular weight is 244 g/mol. The van der Waals surface area contributed by atoms with Crippen LogP contribution in [-0.4, -0.2) is 22.0 Å². The first-order valence-electron chi connectivity index (χ1n) is 5.61. The van der Waals surface area contributed by atoms with Crippen molar-refractivity contribution in [2.45, 2.75) is 13.5 Å². The van der Waals surface area contributed by atoms with Gasteiger partial charge in [0.1, 0.15) is 5.82 Å². The molecule has 2 aromatic rings. The van der Waals surface area contributed by atoms with Crippen molar-refractivity contribution in [3.63, 3.8) is 0 Å². The van der Waals surface area contributed by atoms with Crippen molar-refractivity contribution in [1.82, 2.24) is 15.0 Å². The Hall–Kier alpha value is -2.21. The van der Waals surface area contributed by atoms with E-state index in [1.54, 1.807) is 6.20 Å². The summed E-state index contributed by atoms with van der Waals surface area (Å²) in [5.74, 6) is 6.58. The summed E-state index contributed by atoms with van der Waals surface area (Å²) in [4.78, 5) is 14.6. The van der Waals surface area contributed by atoms with E-state index in [0.717, 1.165) is 23.6 Å². The normalized spacial score (nSPS) is 10.2. The zero-order valence-corrected chi connectivity index (χ0v) is 10.5. The molecule has 0 aromatic carbocycles. The Morgan fingerprint density at radius 3 is 2.89 bits per heavy atom. The van der Waals surface area contributed by atoms with Crippen LogP contribution in [-0.2, 0) is 6.54 Å². The highest BCUT2D eigenvalue weighted by Crippen LogP contribution is 2.15. The Bertz CT molecular complexity index is 513. The van der Waals surface area contributed by atoms with Gasteiger partial charge in [0, 0.05) is 37.7 Å². The number of hydrazine groups is 1. The quantitative estimate of drug-likeness (QED) is 0.619. The maximum absolute atomic E-state index is 5.34. The number of rotatable bonds is 4. The van der Waals surface area contributed by atoms with Crippen molar-refractivity contribution in [2.24, 2.45) is 5.84 Å². The number of hydrogen-bond donors (Lipinski definition) is 2. The monoisotopic (exact) mass is 244 g/mol. The second-order valence-electron chi connectivity index (χ2n) is 4.05. The summed E-state index contributed by atoms with van der Waals surface area (Å²) in [7, 11) is 1.97. The van der Waals surface area contributed by atoms with Gasteiger partial charge in [0.05, 0.1) is 0 Å². The minimum Gasteiger partial charge on any atom is -0.355 e. The SMILES string of the molecule is Cc1cc(N(C)Cc2cccnc2)nc(NN)n1. The Labute approximate surface area is 106 Å². The molecule has 18 heavy (non-hydrogen) atoms. The number of aryl methyl sites for hydroxylation is 1. The molecule has 0 amide bonds. The van der Waals surface area contributed by atoms with E-state index in [9.17, 15) is 0 Å². The lowest BCUT2D eigenvalue weighted by Gasteiger charge is -2.18. The van der Waals surface area contributed by atoms with Gasteiger partial charge in [0.15, 0.2) is 0 Å². The number of hydrogen-bond acceptors (Lipinski definition) is 6. The van der Waals surface area contributed by atoms with Crippen LogP contribution in [0.3, 0.4) is 0 Å². The lowest BCUT2D eigenvalue weighted by molar-refractivity contribution is 0.881. The highest BCUT2D eigenvalue weighted by atomic mass is 15.3. The Kier molecular flexibility index (Phi) is 3.69. The number of nitrogens with one attached hydrogen (secondary N) is 1. The van der Waals surface area contributed by atoms with Crippen LogP contribution >= 0.6 is 0 Å². The van der Waals surface area contributed by atoms with E-state index < -0.39 is 0 Å². The summed E-state index contributed by atoms with van der Waals surface area (Å²) in [6, 6.07) is 5.86. The first-order valence-corrected chi connectivity index (χ1v) is 5.61. The molecule has 0 radical (unpaired) electrons. The van der Waals surface area contributed by atoms with Crippen LogP contribution in [0, 0.1) is 6.92 Å². The molecule has 6 heteroatoms. The van der Waals surface area contributed by atoms with E-state index >= 15 is 0 Å². The van der Waals surface area contributed by atoms with Crippen LogP contribution in [0.1, 0.15) is 11.3 Å². The fraction of sp³-hybridized carbons (Fsp3) is 0.250. The standard InChI is InChI=1S/C12H16N6/c1-9-6-11(16-12(15-9)17-13)18(2)8-10-4-3-5-14-7-10/h3-7H,8,13H2,1-2H3,(H,15,16,17). The number of nitrogen functional groups attached to an aromatic ring is 1. The van der Waals surface area contributed by atoms with Crippen LogP contribution in [0.25, 0.3) is 0 Å². The molecule has 0 atom stereocenters. The molecule has 0 aliphatic carbocycles. The highest BCUT2D eigenvalue weighted by Gasteiger charge is 2.06. The zero-order valence-electron chi connectivity index (χ0n) is 10.5. The van der Waals surface area contributed by atoms with Gasteiger partial charge in [-0.25, -0.2) is 10.8 Å². The number of pyridine rings is 1. The maximum atomic E-state index is 5.34. The van der Waals surface area contributed by atoms with Crippen LogP contribution in [0.5, 0.6) is 0 Å². The minimum absolute atomic E-state index is 0.419.